The average molecular weight is 404 g/mol. The van der Waals surface area contributed by atoms with Crippen LogP contribution in [-0.2, 0) is 11.3 Å². The fourth-order valence-electron chi connectivity index (χ4n) is 3.27. The number of ether oxygens (including phenoxy) is 1. The molecular formula is C23H24N4O3. The Labute approximate surface area is 175 Å². The second-order valence-corrected chi connectivity index (χ2v) is 7.11. The lowest BCUT2D eigenvalue weighted by Gasteiger charge is -2.25. The Morgan fingerprint density at radius 2 is 1.77 bits per heavy atom. The predicted molar refractivity (Wildman–Crippen MR) is 114 cm³/mol. The molecule has 0 bridgehead atoms. The van der Waals surface area contributed by atoms with Gasteiger partial charge in [-0.15, -0.1) is 0 Å². The summed E-state index contributed by atoms with van der Waals surface area (Å²) in [5, 5.41) is 11.4. The molecule has 7 nitrogen and oxygen atoms in total. The highest BCUT2D eigenvalue weighted by Crippen LogP contribution is 2.21. The Kier molecular flexibility index (Phi) is 6.51. The molecular weight excluding hydrogens is 380 g/mol. The Bertz CT molecular complexity index is 950. The minimum atomic E-state index is -0.194. The summed E-state index contributed by atoms with van der Waals surface area (Å²) in [4.78, 5) is 14.6. The first-order valence-electron chi connectivity index (χ1n) is 10.0. The second-order valence-electron chi connectivity index (χ2n) is 7.11. The number of urea groups is 1. The summed E-state index contributed by atoms with van der Waals surface area (Å²) < 4.78 is 11.1. The number of azo groups is 1. The van der Waals surface area contributed by atoms with E-state index >= 15 is 0 Å². The van der Waals surface area contributed by atoms with Crippen molar-refractivity contribution in [3.05, 3.63) is 78.8 Å². The molecule has 0 spiro atoms. The molecule has 154 valence electrons. The molecule has 1 aliphatic rings. The van der Waals surface area contributed by atoms with Crippen LogP contribution in [0.25, 0.3) is 0 Å². The van der Waals surface area contributed by atoms with Crippen molar-refractivity contribution in [2.45, 2.75) is 25.5 Å². The topological polar surface area (TPSA) is 79.4 Å². The van der Waals surface area contributed by atoms with Crippen LogP contribution >= 0.6 is 0 Å². The number of nitrogens with zero attached hydrogens (tertiary/aromatic N) is 3. The number of hydrogen-bond acceptors (Lipinski definition) is 5. The molecule has 30 heavy (non-hydrogen) atoms. The van der Waals surface area contributed by atoms with Crippen molar-refractivity contribution >= 4 is 23.1 Å². The van der Waals surface area contributed by atoms with Crippen LogP contribution < -0.4 is 5.32 Å². The molecule has 0 saturated carbocycles. The van der Waals surface area contributed by atoms with Crippen LogP contribution in [0.4, 0.5) is 21.9 Å². The molecule has 0 radical (unpaired) electrons. The number of carbonyl (C=O) groups is 1. The number of rotatable bonds is 7. The molecule has 1 aromatic heterocycles. The lowest BCUT2D eigenvalue weighted by atomic mass is 10.2. The van der Waals surface area contributed by atoms with Crippen molar-refractivity contribution in [2.24, 2.45) is 10.2 Å². The van der Waals surface area contributed by atoms with E-state index in [1.807, 2.05) is 66.7 Å². The van der Waals surface area contributed by atoms with Crippen molar-refractivity contribution in [3.63, 3.8) is 0 Å². The minimum Gasteiger partial charge on any atom is -0.467 e. The van der Waals surface area contributed by atoms with E-state index in [0.717, 1.165) is 30.9 Å². The lowest BCUT2D eigenvalue weighted by Crippen LogP contribution is -2.39. The molecule has 1 saturated heterocycles. The molecule has 1 aliphatic heterocycles. The van der Waals surface area contributed by atoms with Crippen LogP contribution in [0.1, 0.15) is 18.6 Å². The van der Waals surface area contributed by atoms with E-state index in [-0.39, 0.29) is 12.1 Å². The third kappa shape index (κ3) is 5.55. The molecule has 3 aromatic rings. The average Bonchev–Trinajstić information content (AvgIpc) is 3.48. The largest absolute Gasteiger partial charge is 0.467 e. The summed E-state index contributed by atoms with van der Waals surface area (Å²) in [6.07, 6.45) is 3.66. The Balaban J connectivity index is 1.39. The zero-order valence-corrected chi connectivity index (χ0v) is 16.6. The van der Waals surface area contributed by atoms with E-state index in [0.29, 0.717) is 24.5 Å². The molecule has 7 heteroatoms. The highest BCUT2D eigenvalue weighted by Gasteiger charge is 2.23. The molecule has 2 heterocycles. The number of hydrogen-bond donors (Lipinski definition) is 1. The standard InChI is InChI=1S/C23H24N4O3/c28-23(27(16-21-8-4-14-29-21)17-22-9-5-15-30-22)24-18-10-12-20(13-11-18)26-25-19-6-2-1-3-7-19/h1-4,6-8,10-14,22H,5,9,15-17H2,(H,24,28). The number of furan rings is 1. The van der Waals surface area contributed by atoms with E-state index in [4.69, 9.17) is 9.15 Å². The van der Waals surface area contributed by atoms with Gasteiger partial charge in [-0.3, -0.25) is 0 Å². The third-order valence-corrected chi connectivity index (χ3v) is 4.82. The number of anilines is 1. The van der Waals surface area contributed by atoms with Gasteiger partial charge in [0.25, 0.3) is 0 Å². The minimum absolute atomic E-state index is 0.0616. The SMILES string of the molecule is O=C(Nc1ccc(N=Nc2ccccc2)cc1)N(Cc1ccco1)CC1CCCO1. The first-order chi connectivity index (χ1) is 14.8. The number of amides is 2. The molecule has 1 unspecified atom stereocenters. The Hall–Kier alpha value is -3.45. The lowest BCUT2D eigenvalue weighted by molar-refractivity contribution is 0.0803. The van der Waals surface area contributed by atoms with Crippen LogP contribution in [0, 0.1) is 0 Å². The molecule has 1 fully saturated rings. The van der Waals surface area contributed by atoms with Crippen LogP contribution in [0.3, 0.4) is 0 Å². The molecule has 0 aliphatic carbocycles. The highest BCUT2D eigenvalue weighted by molar-refractivity contribution is 5.89. The Morgan fingerprint density at radius 1 is 1.00 bits per heavy atom. The summed E-state index contributed by atoms with van der Waals surface area (Å²) in [7, 11) is 0. The first-order valence-corrected chi connectivity index (χ1v) is 10.0. The van der Waals surface area contributed by atoms with Gasteiger partial charge in [0.05, 0.1) is 30.3 Å². The summed E-state index contributed by atoms with van der Waals surface area (Å²) >= 11 is 0. The van der Waals surface area contributed by atoms with Crippen molar-refractivity contribution in [2.75, 3.05) is 18.5 Å². The van der Waals surface area contributed by atoms with Gasteiger partial charge in [0.15, 0.2) is 0 Å². The van der Waals surface area contributed by atoms with Crippen molar-refractivity contribution in [1.82, 2.24) is 4.90 Å². The van der Waals surface area contributed by atoms with Gasteiger partial charge in [-0.25, -0.2) is 4.79 Å². The predicted octanol–water partition coefficient (Wildman–Crippen LogP) is 5.91. The second kappa shape index (κ2) is 9.84. The highest BCUT2D eigenvalue weighted by atomic mass is 16.5. The van der Waals surface area contributed by atoms with E-state index in [1.165, 1.54) is 0 Å². The number of nitrogens with one attached hydrogen (secondary N) is 1. The van der Waals surface area contributed by atoms with Gasteiger partial charge in [0.1, 0.15) is 5.76 Å². The van der Waals surface area contributed by atoms with Gasteiger partial charge in [-0.2, -0.15) is 10.2 Å². The van der Waals surface area contributed by atoms with E-state index in [2.05, 4.69) is 15.5 Å². The molecule has 2 amide bonds. The molecule has 1 atom stereocenters. The Morgan fingerprint density at radius 3 is 2.43 bits per heavy atom. The zero-order valence-electron chi connectivity index (χ0n) is 16.6. The number of carbonyl (C=O) groups excluding carboxylic acids is 1. The van der Waals surface area contributed by atoms with Gasteiger partial charge in [-0.1, -0.05) is 18.2 Å². The fraction of sp³-hybridized carbons (Fsp3) is 0.261. The smallest absolute Gasteiger partial charge is 0.322 e. The maximum Gasteiger partial charge on any atom is 0.322 e. The molecule has 1 N–H and O–H groups in total. The van der Waals surface area contributed by atoms with Gasteiger partial charge in [-0.05, 0) is 61.4 Å². The van der Waals surface area contributed by atoms with Crippen molar-refractivity contribution < 1.29 is 13.9 Å². The van der Waals surface area contributed by atoms with Gasteiger partial charge in [0, 0.05) is 18.8 Å². The maximum atomic E-state index is 12.9. The van der Waals surface area contributed by atoms with E-state index in [1.54, 1.807) is 11.2 Å². The maximum absolute atomic E-state index is 12.9. The normalized spacial score (nSPS) is 16.1. The summed E-state index contributed by atoms with van der Waals surface area (Å²) in [5.41, 5.74) is 2.19. The summed E-state index contributed by atoms with van der Waals surface area (Å²) in [6.45, 7) is 1.66. The quantitative estimate of drug-likeness (QED) is 0.497. The summed E-state index contributed by atoms with van der Waals surface area (Å²) in [5.74, 6) is 0.736. The van der Waals surface area contributed by atoms with Crippen LogP contribution in [0.15, 0.2) is 87.6 Å². The summed E-state index contributed by atoms with van der Waals surface area (Å²) in [6, 6.07) is 20.3. The van der Waals surface area contributed by atoms with E-state index in [9.17, 15) is 4.79 Å². The van der Waals surface area contributed by atoms with Crippen LogP contribution in [0.2, 0.25) is 0 Å². The van der Waals surface area contributed by atoms with Crippen LogP contribution in [0.5, 0.6) is 0 Å². The van der Waals surface area contributed by atoms with E-state index < -0.39 is 0 Å². The van der Waals surface area contributed by atoms with Gasteiger partial charge >= 0.3 is 6.03 Å². The van der Waals surface area contributed by atoms with Crippen molar-refractivity contribution in [1.29, 1.82) is 0 Å². The van der Waals surface area contributed by atoms with Crippen LogP contribution in [-0.4, -0.2) is 30.2 Å². The van der Waals surface area contributed by atoms with Gasteiger partial charge < -0.3 is 19.4 Å². The monoisotopic (exact) mass is 404 g/mol. The molecule has 2 aromatic carbocycles. The fourth-order valence-corrected chi connectivity index (χ4v) is 3.27. The van der Waals surface area contributed by atoms with Crippen molar-refractivity contribution in [3.8, 4) is 0 Å². The third-order valence-electron chi connectivity index (χ3n) is 4.82. The number of benzene rings is 2. The zero-order chi connectivity index (χ0) is 20.6. The first kappa shape index (κ1) is 19.8. The van der Waals surface area contributed by atoms with Gasteiger partial charge in [0.2, 0.25) is 0 Å². The molecule has 4 rings (SSSR count).